The molecule has 25 heavy (non-hydrogen) atoms. The molecule has 0 fully saturated rings. The van der Waals surface area contributed by atoms with Gasteiger partial charge in [-0.2, -0.15) is 5.10 Å². The summed E-state index contributed by atoms with van der Waals surface area (Å²) in [5, 5.41) is 14.5. The molecule has 0 saturated heterocycles. The molecule has 0 radical (unpaired) electrons. The highest BCUT2D eigenvalue weighted by Gasteiger charge is 2.08. The van der Waals surface area contributed by atoms with Crippen LogP contribution in [0.5, 0.6) is 0 Å². The maximum absolute atomic E-state index is 11.8. The van der Waals surface area contributed by atoms with Crippen LogP contribution < -0.4 is 10.3 Å². The van der Waals surface area contributed by atoms with E-state index in [1.54, 1.807) is 18.2 Å². The average Bonchev–Trinajstić information content (AvgIpc) is 3.05. The van der Waals surface area contributed by atoms with Gasteiger partial charge in [-0.1, -0.05) is 12.1 Å². The van der Waals surface area contributed by atoms with Crippen LogP contribution in [-0.2, 0) is 11.2 Å². The molecular weight excluding hydrogens is 324 g/mol. The standard InChI is InChI=1S/C17H20N4O4/c1-3-20(4-2)17-10-9-15(25-17)12-18-19-16(22)11-13-5-7-14(8-6-13)21(23)24/h5-10,12H,3-4,11H2,1-2H3,(H,19,22)/b18-12-. The second-order valence-electron chi connectivity index (χ2n) is 5.24. The van der Waals surface area contributed by atoms with E-state index in [0.29, 0.717) is 11.3 Å². The molecule has 1 aromatic heterocycles. The van der Waals surface area contributed by atoms with Gasteiger partial charge in [0, 0.05) is 31.3 Å². The van der Waals surface area contributed by atoms with Crippen LogP contribution in [0.3, 0.4) is 0 Å². The lowest BCUT2D eigenvalue weighted by molar-refractivity contribution is -0.384. The van der Waals surface area contributed by atoms with Crippen LogP contribution in [-0.4, -0.2) is 30.1 Å². The molecule has 0 bridgehead atoms. The van der Waals surface area contributed by atoms with E-state index in [0.717, 1.165) is 19.0 Å². The van der Waals surface area contributed by atoms with Gasteiger partial charge in [0.1, 0.15) is 5.76 Å². The lowest BCUT2D eigenvalue weighted by Crippen LogP contribution is -2.21. The molecule has 2 aromatic rings. The molecule has 1 N–H and O–H groups in total. The van der Waals surface area contributed by atoms with Crippen molar-refractivity contribution >= 4 is 23.7 Å². The normalized spacial score (nSPS) is 10.8. The van der Waals surface area contributed by atoms with Crippen molar-refractivity contribution in [2.75, 3.05) is 18.0 Å². The number of nitrogens with one attached hydrogen (secondary N) is 1. The van der Waals surface area contributed by atoms with Crippen molar-refractivity contribution in [3.05, 3.63) is 57.8 Å². The van der Waals surface area contributed by atoms with Crippen LogP contribution in [0.1, 0.15) is 25.2 Å². The first kappa shape index (κ1) is 18.2. The van der Waals surface area contributed by atoms with Crippen molar-refractivity contribution in [2.45, 2.75) is 20.3 Å². The van der Waals surface area contributed by atoms with Crippen LogP contribution in [0.15, 0.2) is 45.9 Å². The molecule has 8 nitrogen and oxygen atoms in total. The average molecular weight is 344 g/mol. The van der Waals surface area contributed by atoms with Crippen LogP contribution in [0.2, 0.25) is 0 Å². The number of carbonyl (C=O) groups excluding carboxylic acids is 1. The summed E-state index contributed by atoms with van der Waals surface area (Å²) in [7, 11) is 0. The van der Waals surface area contributed by atoms with Gasteiger partial charge in [-0.15, -0.1) is 0 Å². The Bertz CT molecular complexity index is 748. The van der Waals surface area contributed by atoms with Crippen LogP contribution in [0.4, 0.5) is 11.6 Å². The molecule has 0 unspecified atom stereocenters. The van der Waals surface area contributed by atoms with E-state index >= 15 is 0 Å². The molecule has 0 atom stereocenters. The summed E-state index contributed by atoms with van der Waals surface area (Å²) in [5.41, 5.74) is 3.06. The molecule has 0 aliphatic rings. The van der Waals surface area contributed by atoms with Gasteiger partial charge in [0.2, 0.25) is 5.91 Å². The Morgan fingerprint density at radius 3 is 2.52 bits per heavy atom. The summed E-state index contributed by atoms with van der Waals surface area (Å²) in [6.45, 7) is 5.76. The van der Waals surface area contributed by atoms with E-state index in [9.17, 15) is 14.9 Å². The number of furan rings is 1. The van der Waals surface area contributed by atoms with E-state index in [2.05, 4.69) is 15.4 Å². The summed E-state index contributed by atoms with van der Waals surface area (Å²) in [6.07, 6.45) is 1.51. The number of hydrazone groups is 1. The third-order valence-electron chi connectivity index (χ3n) is 3.58. The minimum absolute atomic E-state index is 0.0102. The molecule has 1 aromatic carbocycles. The molecule has 1 heterocycles. The minimum Gasteiger partial charge on any atom is -0.440 e. The highest BCUT2D eigenvalue weighted by Crippen LogP contribution is 2.17. The van der Waals surface area contributed by atoms with Gasteiger partial charge in [0.25, 0.3) is 5.69 Å². The maximum atomic E-state index is 11.8. The number of anilines is 1. The number of rotatable bonds is 8. The zero-order chi connectivity index (χ0) is 18.2. The van der Waals surface area contributed by atoms with Gasteiger partial charge in [-0.05, 0) is 25.5 Å². The fourth-order valence-electron chi connectivity index (χ4n) is 2.25. The van der Waals surface area contributed by atoms with Crippen molar-refractivity contribution in [3.63, 3.8) is 0 Å². The van der Waals surface area contributed by atoms with E-state index in [4.69, 9.17) is 4.42 Å². The van der Waals surface area contributed by atoms with Crippen LogP contribution in [0.25, 0.3) is 0 Å². The van der Waals surface area contributed by atoms with Crippen molar-refractivity contribution in [3.8, 4) is 0 Å². The van der Waals surface area contributed by atoms with Crippen molar-refractivity contribution in [1.82, 2.24) is 5.43 Å². The van der Waals surface area contributed by atoms with Crippen molar-refractivity contribution < 1.29 is 14.1 Å². The summed E-state index contributed by atoms with van der Waals surface area (Å²) in [4.78, 5) is 24.0. The molecule has 0 aliphatic carbocycles. The molecule has 132 valence electrons. The lowest BCUT2D eigenvalue weighted by atomic mass is 10.1. The fraction of sp³-hybridized carbons (Fsp3) is 0.294. The lowest BCUT2D eigenvalue weighted by Gasteiger charge is -2.16. The highest BCUT2D eigenvalue weighted by atomic mass is 16.6. The van der Waals surface area contributed by atoms with E-state index in [1.165, 1.54) is 18.3 Å². The smallest absolute Gasteiger partial charge is 0.269 e. The van der Waals surface area contributed by atoms with E-state index in [-0.39, 0.29) is 18.0 Å². The monoisotopic (exact) mass is 344 g/mol. The third-order valence-corrected chi connectivity index (χ3v) is 3.58. The third kappa shape index (κ3) is 5.17. The largest absolute Gasteiger partial charge is 0.440 e. The van der Waals surface area contributed by atoms with E-state index < -0.39 is 4.92 Å². The predicted octanol–water partition coefficient (Wildman–Crippen LogP) is 2.73. The number of nitro benzene ring substituents is 1. The Labute approximate surface area is 145 Å². The number of amides is 1. The topological polar surface area (TPSA) is 101 Å². The molecular formula is C17H20N4O4. The number of non-ortho nitro benzene ring substituents is 1. The summed E-state index contributed by atoms with van der Waals surface area (Å²) in [6, 6.07) is 9.45. The summed E-state index contributed by atoms with van der Waals surface area (Å²) < 4.78 is 5.62. The predicted molar refractivity (Wildman–Crippen MR) is 94.8 cm³/mol. The summed E-state index contributed by atoms with van der Waals surface area (Å²) >= 11 is 0. The van der Waals surface area contributed by atoms with Gasteiger partial charge >= 0.3 is 0 Å². The number of nitrogens with zero attached hydrogens (tertiary/aromatic N) is 3. The molecule has 0 aliphatic heterocycles. The zero-order valence-corrected chi connectivity index (χ0v) is 14.1. The van der Waals surface area contributed by atoms with Crippen LogP contribution >= 0.6 is 0 Å². The Kier molecular flexibility index (Phi) is 6.27. The number of benzene rings is 1. The minimum atomic E-state index is -0.482. The fourth-order valence-corrected chi connectivity index (χ4v) is 2.25. The second-order valence-corrected chi connectivity index (χ2v) is 5.24. The van der Waals surface area contributed by atoms with Gasteiger partial charge in [0.05, 0.1) is 17.6 Å². The number of hydrogen-bond donors (Lipinski definition) is 1. The van der Waals surface area contributed by atoms with Gasteiger partial charge in [0.15, 0.2) is 5.88 Å². The SMILES string of the molecule is CCN(CC)c1ccc(/C=N\NC(=O)Cc2ccc([N+](=O)[O-])cc2)o1. The van der Waals surface area contributed by atoms with Crippen molar-refractivity contribution in [1.29, 1.82) is 0 Å². The molecule has 2 rings (SSSR count). The molecule has 1 amide bonds. The number of hydrogen-bond acceptors (Lipinski definition) is 6. The highest BCUT2D eigenvalue weighted by molar-refractivity contribution is 5.82. The van der Waals surface area contributed by atoms with Crippen LogP contribution in [0, 0.1) is 10.1 Å². The maximum Gasteiger partial charge on any atom is 0.269 e. The summed E-state index contributed by atoms with van der Waals surface area (Å²) in [5.74, 6) is 0.974. The quantitative estimate of drug-likeness (QED) is 0.451. The van der Waals surface area contributed by atoms with Gasteiger partial charge in [-0.3, -0.25) is 14.9 Å². The Hall–Kier alpha value is -3.16. The Morgan fingerprint density at radius 2 is 1.92 bits per heavy atom. The van der Waals surface area contributed by atoms with Crippen molar-refractivity contribution in [2.24, 2.45) is 5.10 Å². The first-order valence-electron chi connectivity index (χ1n) is 7.93. The number of nitro groups is 1. The molecule has 8 heteroatoms. The Balaban J connectivity index is 1.87. The van der Waals surface area contributed by atoms with E-state index in [1.807, 2.05) is 19.9 Å². The Morgan fingerprint density at radius 1 is 1.24 bits per heavy atom. The first-order chi connectivity index (χ1) is 12.0. The molecule has 0 saturated carbocycles. The first-order valence-corrected chi connectivity index (χ1v) is 7.93. The van der Waals surface area contributed by atoms with Gasteiger partial charge in [-0.25, -0.2) is 5.43 Å². The van der Waals surface area contributed by atoms with Gasteiger partial charge < -0.3 is 9.32 Å². The molecule has 0 spiro atoms. The number of carbonyl (C=O) groups is 1. The zero-order valence-electron chi connectivity index (χ0n) is 14.1. The second kappa shape index (κ2) is 8.62.